The lowest BCUT2D eigenvalue weighted by atomic mass is 10.0. The van der Waals surface area contributed by atoms with Gasteiger partial charge in [-0.15, -0.1) is 0 Å². The van der Waals surface area contributed by atoms with Gasteiger partial charge in [-0.05, 0) is 57.9 Å². The number of hydrogen-bond donors (Lipinski definition) is 0. The second-order valence-corrected chi connectivity index (χ2v) is 13.2. The first-order valence-electron chi connectivity index (χ1n) is 17.4. The van der Waals surface area contributed by atoms with Gasteiger partial charge in [-0.25, -0.2) is 15.0 Å². The van der Waals surface area contributed by atoms with Gasteiger partial charge in [0.2, 0.25) is 0 Å². The number of aromatic nitrogens is 4. The maximum absolute atomic E-state index is 6.69. The molecule has 8 aromatic carbocycles. The Hall–Kier alpha value is -7.11. The van der Waals surface area contributed by atoms with Gasteiger partial charge >= 0.3 is 0 Å². The maximum Gasteiger partial charge on any atom is 0.167 e. The highest BCUT2D eigenvalue weighted by atomic mass is 16.3. The van der Waals surface area contributed by atoms with Gasteiger partial charge in [0, 0.05) is 38.4 Å². The first kappa shape index (κ1) is 28.7. The molecule has 0 atom stereocenters. The van der Waals surface area contributed by atoms with Crippen LogP contribution in [-0.4, -0.2) is 19.5 Å². The molecule has 11 aromatic rings. The molecule has 0 fully saturated rings. The van der Waals surface area contributed by atoms with E-state index >= 15 is 0 Å². The topological polar surface area (TPSA) is 56.7 Å². The van der Waals surface area contributed by atoms with Crippen molar-refractivity contribution in [3.8, 4) is 39.9 Å². The van der Waals surface area contributed by atoms with Gasteiger partial charge in [0.1, 0.15) is 11.2 Å². The first-order valence-corrected chi connectivity index (χ1v) is 17.4. The molecular weight excluding hydrogens is 637 g/mol. The summed E-state index contributed by atoms with van der Waals surface area (Å²) < 4.78 is 9.06. The summed E-state index contributed by atoms with van der Waals surface area (Å²) in [6.45, 7) is 0. The minimum Gasteiger partial charge on any atom is -0.455 e. The van der Waals surface area contributed by atoms with Gasteiger partial charge in [-0.3, -0.25) is 0 Å². The fraction of sp³-hybridized carbons (Fsp3) is 0. The summed E-state index contributed by atoms with van der Waals surface area (Å²) in [7, 11) is 0. The highest BCUT2D eigenvalue weighted by molar-refractivity contribution is 6.15. The minimum atomic E-state index is 0.550. The summed E-state index contributed by atoms with van der Waals surface area (Å²) >= 11 is 0. The Kier molecular flexibility index (Phi) is 6.18. The monoisotopic (exact) mass is 664 g/mol. The van der Waals surface area contributed by atoms with Gasteiger partial charge in [0.25, 0.3) is 0 Å². The van der Waals surface area contributed by atoms with E-state index in [0.717, 1.165) is 66.1 Å². The second kappa shape index (κ2) is 11.2. The number of rotatable bonds is 4. The largest absolute Gasteiger partial charge is 0.455 e. The smallest absolute Gasteiger partial charge is 0.167 e. The molecule has 52 heavy (non-hydrogen) atoms. The van der Waals surface area contributed by atoms with Crippen molar-refractivity contribution in [1.29, 1.82) is 0 Å². The molecule has 3 aromatic heterocycles. The van der Waals surface area contributed by atoms with Crippen LogP contribution in [0.3, 0.4) is 0 Å². The normalized spacial score (nSPS) is 11.8. The summed E-state index contributed by atoms with van der Waals surface area (Å²) in [6, 6.07) is 59.2. The number of hydrogen-bond acceptors (Lipinski definition) is 4. The van der Waals surface area contributed by atoms with E-state index in [9.17, 15) is 0 Å². The highest BCUT2D eigenvalue weighted by Crippen LogP contribution is 2.41. The molecule has 242 valence electrons. The minimum absolute atomic E-state index is 0.550. The molecule has 0 N–H and O–H groups in total. The number of benzene rings is 8. The first-order chi connectivity index (χ1) is 25.8. The Balaban J connectivity index is 1.25. The molecule has 0 aliphatic carbocycles. The molecule has 0 radical (unpaired) electrons. The van der Waals surface area contributed by atoms with E-state index < -0.39 is 0 Å². The van der Waals surface area contributed by atoms with Gasteiger partial charge in [-0.2, -0.15) is 0 Å². The summed E-state index contributed by atoms with van der Waals surface area (Å²) in [6.07, 6.45) is 0. The van der Waals surface area contributed by atoms with Gasteiger partial charge in [-0.1, -0.05) is 133 Å². The molecule has 0 saturated carbocycles. The zero-order valence-electron chi connectivity index (χ0n) is 27.9. The predicted octanol–water partition coefficient (Wildman–Crippen LogP) is 12.2. The van der Waals surface area contributed by atoms with Gasteiger partial charge in [0.05, 0.1) is 16.6 Å². The van der Waals surface area contributed by atoms with Crippen LogP contribution in [0.5, 0.6) is 0 Å². The molecule has 0 bridgehead atoms. The zero-order valence-corrected chi connectivity index (χ0v) is 27.9. The molecule has 0 saturated heterocycles. The molecule has 0 spiro atoms. The van der Waals surface area contributed by atoms with Crippen LogP contribution in [0, 0.1) is 0 Å². The van der Waals surface area contributed by atoms with Gasteiger partial charge < -0.3 is 8.98 Å². The van der Waals surface area contributed by atoms with Crippen LogP contribution in [0.25, 0.3) is 105 Å². The lowest BCUT2D eigenvalue weighted by molar-refractivity contribution is 0.669. The molecule has 11 rings (SSSR count). The number of para-hydroxylation sites is 2. The molecular formula is C47H28N4O. The lowest BCUT2D eigenvalue weighted by Crippen LogP contribution is -2.02. The number of furan rings is 1. The van der Waals surface area contributed by atoms with Crippen LogP contribution in [0.2, 0.25) is 0 Å². The summed E-state index contributed by atoms with van der Waals surface area (Å²) in [5.74, 6) is 1.76. The summed E-state index contributed by atoms with van der Waals surface area (Å²) in [5.41, 5.74) is 7.49. The van der Waals surface area contributed by atoms with Crippen molar-refractivity contribution in [2.24, 2.45) is 0 Å². The van der Waals surface area contributed by atoms with E-state index in [1.54, 1.807) is 0 Å². The van der Waals surface area contributed by atoms with Crippen LogP contribution in [-0.2, 0) is 0 Å². The fourth-order valence-electron chi connectivity index (χ4n) is 7.79. The summed E-state index contributed by atoms with van der Waals surface area (Å²) in [5, 5.41) is 9.07. The van der Waals surface area contributed by atoms with Crippen molar-refractivity contribution in [3.63, 3.8) is 0 Å². The Morgan fingerprint density at radius 1 is 0.385 bits per heavy atom. The Labute approximate surface area is 298 Å². The van der Waals surface area contributed by atoms with E-state index in [2.05, 4.69) is 132 Å². The third-order valence-electron chi connectivity index (χ3n) is 10.2. The molecule has 3 heterocycles. The van der Waals surface area contributed by atoms with Crippen molar-refractivity contribution >= 4 is 65.3 Å². The SMILES string of the molecule is c1ccc(-c2nc(-c3cccc4ccccc34)nc(-c3cc(-n4c5ccccc5c5cc6ccccc6cc54)cc4c3oc3ccccc34)n2)cc1. The van der Waals surface area contributed by atoms with Crippen LogP contribution < -0.4 is 0 Å². The molecule has 5 nitrogen and oxygen atoms in total. The molecule has 0 aliphatic rings. The molecule has 5 heteroatoms. The zero-order chi connectivity index (χ0) is 34.2. The highest BCUT2D eigenvalue weighted by Gasteiger charge is 2.22. The maximum atomic E-state index is 6.69. The number of nitrogens with zero attached hydrogens (tertiary/aromatic N) is 4. The van der Waals surface area contributed by atoms with Crippen molar-refractivity contribution in [3.05, 3.63) is 170 Å². The summed E-state index contributed by atoms with van der Waals surface area (Å²) in [4.78, 5) is 15.6. The Bertz CT molecular complexity index is 3190. The van der Waals surface area contributed by atoms with E-state index in [0.29, 0.717) is 17.5 Å². The average Bonchev–Trinajstić information content (AvgIpc) is 3.75. The lowest BCUT2D eigenvalue weighted by Gasteiger charge is -2.13. The third kappa shape index (κ3) is 4.39. The van der Waals surface area contributed by atoms with E-state index in [1.165, 1.54) is 21.5 Å². The molecule has 0 unspecified atom stereocenters. The third-order valence-corrected chi connectivity index (χ3v) is 10.2. The van der Waals surface area contributed by atoms with E-state index in [-0.39, 0.29) is 0 Å². The quantitative estimate of drug-likeness (QED) is 0.188. The van der Waals surface area contributed by atoms with Crippen molar-refractivity contribution in [1.82, 2.24) is 19.5 Å². The van der Waals surface area contributed by atoms with Crippen molar-refractivity contribution < 1.29 is 4.42 Å². The van der Waals surface area contributed by atoms with E-state index in [1.807, 2.05) is 42.5 Å². The van der Waals surface area contributed by atoms with Crippen LogP contribution in [0.15, 0.2) is 174 Å². The average molecular weight is 665 g/mol. The predicted molar refractivity (Wildman–Crippen MR) is 213 cm³/mol. The fourth-order valence-corrected chi connectivity index (χ4v) is 7.79. The number of fused-ring (bicyclic) bond motifs is 8. The van der Waals surface area contributed by atoms with Crippen molar-refractivity contribution in [2.45, 2.75) is 0 Å². The van der Waals surface area contributed by atoms with Gasteiger partial charge in [0.15, 0.2) is 17.5 Å². The Morgan fingerprint density at radius 3 is 1.87 bits per heavy atom. The van der Waals surface area contributed by atoms with Crippen LogP contribution in [0.4, 0.5) is 0 Å². The van der Waals surface area contributed by atoms with E-state index in [4.69, 9.17) is 19.4 Å². The van der Waals surface area contributed by atoms with Crippen molar-refractivity contribution in [2.75, 3.05) is 0 Å². The standard InChI is InChI=1S/C47H28N4O/c1-2-14-30(15-3-1)45-48-46(37-22-12-18-29-13-6-7-19-34(29)37)50-47(49-45)40-28-33(27-39-36-21-9-11-24-43(36)52-44(39)40)51-41-23-10-8-20-35(41)38-25-31-16-4-5-17-32(31)26-42(38)51/h1-28H. The Morgan fingerprint density at radius 2 is 1.02 bits per heavy atom. The second-order valence-electron chi connectivity index (χ2n) is 13.2. The van der Waals surface area contributed by atoms with Crippen LogP contribution >= 0.6 is 0 Å². The molecule has 0 amide bonds. The molecule has 0 aliphatic heterocycles. The van der Waals surface area contributed by atoms with Crippen LogP contribution in [0.1, 0.15) is 0 Å².